The molecule has 13 heavy (non-hydrogen) atoms. The Bertz CT molecular complexity index is 206. The molecule has 0 N–H and O–H groups in total. The Labute approximate surface area is 80.0 Å². The third-order valence-electron chi connectivity index (χ3n) is 2.35. The molecule has 1 heterocycles. The van der Waals surface area contributed by atoms with Gasteiger partial charge >= 0.3 is 0 Å². The first-order valence-corrected chi connectivity index (χ1v) is 5.13. The average molecular weight is 182 g/mol. The van der Waals surface area contributed by atoms with Crippen molar-refractivity contribution in [2.45, 2.75) is 39.5 Å². The molecule has 0 amide bonds. The van der Waals surface area contributed by atoms with Crippen LogP contribution >= 0.6 is 0 Å². The van der Waals surface area contributed by atoms with Crippen molar-refractivity contribution in [1.82, 2.24) is 0 Å². The summed E-state index contributed by atoms with van der Waals surface area (Å²) in [7, 11) is 0. The predicted octanol–water partition coefficient (Wildman–Crippen LogP) is 2.69. The summed E-state index contributed by atoms with van der Waals surface area (Å²) >= 11 is 0. The first-order valence-electron chi connectivity index (χ1n) is 5.13. The standard InChI is InChI=1S/C11H18O2/c1-3-6-9(2)11(12)10-7-4-5-8-13-10/h7,9H,3-6,8H2,1-2H3. The van der Waals surface area contributed by atoms with Crippen molar-refractivity contribution in [3.05, 3.63) is 11.8 Å². The molecule has 1 rings (SSSR count). The molecule has 1 aliphatic heterocycles. The molecule has 0 saturated carbocycles. The summed E-state index contributed by atoms with van der Waals surface area (Å²) < 4.78 is 5.32. The van der Waals surface area contributed by atoms with Crippen molar-refractivity contribution in [3.63, 3.8) is 0 Å². The van der Waals surface area contributed by atoms with E-state index < -0.39 is 0 Å². The highest BCUT2D eigenvalue weighted by molar-refractivity contribution is 5.95. The third kappa shape index (κ3) is 2.87. The number of carbonyl (C=O) groups excluding carboxylic acids is 1. The van der Waals surface area contributed by atoms with Crippen molar-refractivity contribution in [2.24, 2.45) is 5.92 Å². The average Bonchev–Trinajstić information content (AvgIpc) is 2.18. The second-order valence-corrected chi connectivity index (χ2v) is 3.61. The van der Waals surface area contributed by atoms with Crippen LogP contribution < -0.4 is 0 Å². The van der Waals surface area contributed by atoms with Gasteiger partial charge < -0.3 is 4.74 Å². The molecule has 74 valence electrons. The largest absolute Gasteiger partial charge is 0.490 e. The van der Waals surface area contributed by atoms with E-state index in [1.807, 2.05) is 13.0 Å². The second-order valence-electron chi connectivity index (χ2n) is 3.61. The lowest BCUT2D eigenvalue weighted by molar-refractivity contribution is -0.122. The molecule has 0 fully saturated rings. The van der Waals surface area contributed by atoms with Crippen LogP contribution in [0.15, 0.2) is 11.8 Å². The van der Waals surface area contributed by atoms with Crippen LogP contribution in [0.5, 0.6) is 0 Å². The van der Waals surface area contributed by atoms with Gasteiger partial charge in [-0.25, -0.2) is 0 Å². The number of carbonyl (C=O) groups is 1. The van der Waals surface area contributed by atoms with E-state index in [1.165, 1.54) is 0 Å². The fourth-order valence-electron chi connectivity index (χ4n) is 1.54. The van der Waals surface area contributed by atoms with Gasteiger partial charge in [-0.15, -0.1) is 0 Å². The normalized spacial score (nSPS) is 18.8. The highest BCUT2D eigenvalue weighted by atomic mass is 16.5. The van der Waals surface area contributed by atoms with Gasteiger partial charge in [0.25, 0.3) is 0 Å². The maximum absolute atomic E-state index is 11.7. The van der Waals surface area contributed by atoms with Gasteiger partial charge in [-0.05, 0) is 25.3 Å². The monoisotopic (exact) mass is 182 g/mol. The first kappa shape index (κ1) is 10.3. The summed E-state index contributed by atoms with van der Waals surface area (Å²) in [5.74, 6) is 0.906. The minimum Gasteiger partial charge on any atom is -0.490 e. The van der Waals surface area contributed by atoms with Crippen molar-refractivity contribution in [1.29, 1.82) is 0 Å². The zero-order chi connectivity index (χ0) is 9.68. The molecule has 2 nitrogen and oxygen atoms in total. The van der Waals surface area contributed by atoms with Crippen molar-refractivity contribution in [2.75, 3.05) is 6.61 Å². The Hall–Kier alpha value is -0.790. The molecule has 0 aromatic heterocycles. The van der Waals surface area contributed by atoms with Crippen LogP contribution in [-0.2, 0) is 9.53 Å². The van der Waals surface area contributed by atoms with Crippen molar-refractivity contribution in [3.8, 4) is 0 Å². The summed E-state index contributed by atoms with van der Waals surface area (Å²) in [5.41, 5.74) is 0. The quantitative estimate of drug-likeness (QED) is 0.668. The zero-order valence-electron chi connectivity index (χ0n) is 8.51. The van der Waals surface area contributed by atoms with Gasteiger partial charge in [0, 0.05) is 5.92 Å². The molecule has 1 atom stereocenters. The number of hydrogen-bond acceptors (Lipinski definition) is 2. The topological polar surface area (TPSA) is 26.3 Å². The molecule has 0 aromatic carbocycles. The summed E-state index contributed by atoms with van der Waals surface area (Å²) in [5, 5.41) is 0. The Balaban J connectivity index is 2.50. The summed E-state index contributed by atoms with van der Waals surface area (Å²) in [6.07, 6.45) is 5.97. The van der Waals surface area contributed by atoms with E-state index in [9.17, 15) is 4.79 Å². The number of ketones is 1. The van der Waals surface area contributed by atoms with Crippen molar-refractivity contribution >= 4 is 5.78 Å². The highest BCUT2D eigenvalue weighted by Gasteiger charge is 2.19. The van der Waals surface area contributed by atoms with E-state index in [2.05, 4.69) is 6.92 Å². The number of allylic oxidation sites excluding steroid dienone is 2. The van der Waals surface area contributed by atoms with Gasteiger partial charge in [-0.1, -0.05) is 20.3 Å². The second kappa shape index (κ2) is 5.05. The molecule has 2 heteroatoms. The van der Waals surface area contributed by atoms with Crippen LogP contribution in [0.3, 0.4) is 0 Å². The Kier molecular flexibility index (Phi) is 4.00. The van der Waals surface area contributed by atoms with E-state index in [4.69, 9.17) is 4.74 Å². The molecule has 0 bridgehead atoms. The maximum Gasteiger partial charge on any atom is 0.199 e. The lowest BCUT2D eigenvalue weighted by Crippen LogP contribution is -2.17. The fraction of sp³-hybridized carbons (Fsp3) is 0.727. The van der Waals surface area contributed by atoms with E-state index >= 15 is 0 Å². The van der Waals surface area contributed by atoms with Gasteiger partial charge in [-0.2, -0.15) is 0 Å². The molecule has 0 aliphatic carbocycles. The van der Waals surface area contributed by atoms with Crippen molar-refractivity contribution < 1.29 is 9.53 Å². The molecule has 0 radical (unpaired) electrons. The van der Waals surface area contributed by atoms with Gasteiger partial charge in [0.15, 0.2) is 11.5 Å². The summed E-state index contributed by atoms with van der Waals surface area (Å²) in [6.45, 7) is 4.78. The van der Waals surface area contributed by atoms with Crippen LogP contribution in [0, 0.1) is 5.92 Å². The van der Waals surface area contributed by atoms with Gasteiger partial charge in [0.1, 0.15) is 0 Å². The molecular formula is C11H18O2. The minimum atomic E-state index is 0.120. The number of hydrogen-bond donors (Lipinski definition) is 0. The Morgan fingerprint density at radius 1 is 1.69 bits per heavy atom. The first-order chi connectivity index (χ1) is 6.25. The van der Waals surface area contributed by atoms with E-state index in [-0.39, 0.29) is 11.7 Å². The van der Waals surface area contributed by atoms with Crippen LogP contribution in [0.2, 0.25) is 0 Å². The molecular weight excluding hydrogens is 164 g/mol. The van der Waals surface area contributed by atoms with Crippen LogP contribution in [0.1, 0.15) is 39.5 Å². The molecule has 0 saturated heterocycles. The molecule has 0 spiro atoms. The summed E-state index contributed by atoms with van der Waals surface area (Å²) in [4.78, 5) is 11.7. The third-order valence-corrected chi connectivity index (χ3v) is 2.35. The van der Waals surface area contributed by atoms with E-state index in [0.29, 0.717) is 12.4 Å². The smallest absolute Gasteiger partial charge is 0.199 e. The Morgan fingerprint density at radius 2 is 2.46 bits per heavy atom. The predicted molar refractivity (Wildman–Crippen MR) is 52.3 cm³/mol. The van der Waals surface area contributed by atoms with Crippen LogP contribution in [-0.4, -0.2) is 12.4 Å². The highest BCUT2D eigenvalue weighted by Crippen LogP contribution is 2.17. The number of ether oxygens (including phenoxy) is 1. The van der Waals surface area contributed by atoms with Crippen LogP contribution in [0.4, 0.5) is 0 Å². The van der Waals surface area contributed by atoms with E-state index in [1.54, 1.807) is 0 Å². The summed E-state index contributed by atoms with van der Waals surface area (Å²) in [6, 6.07) is 0. The number of Topliss-reactive ketones (excluding diaryl/α,β-unsaturated/α-hetero) is 1. The van der Waals surface area contributed by atoms with Gasteiger partial charge in [-0.3, -0.25) is 4.79 Å². The lowest BCUT2D eigenvalue weighted by Gasteiger charge is -2.16. The van der Waals surface area contributed by atoms with Gasteiger partial charge in [0.2, 0.25) is 0 Å². The SMILES string of the molecule is CCCC(C)C(=O)C1=CCCCO1. The van der Waals surface area contributed by atoms with E-state index in [0.717, 1.165) is 25.7 Å². The zero-order valence-corrected chi connectivity index (χ0v) is 8.51. The van der Waals surface area contributed by atoms with Gasteiger partial charge in [0.05, 0.1) is 6.61 Å². The van der Waals surface area contributed by atoms with Crippen LogP contribution in [0.25, 0.3) is 0 Å². The Morgan fingerprint density at radius 3 is 3.00 bits per heavy atom. The molecule has 0 aromatic rings. The minimum absolute atomic E-state index is 0.120. The fourth-order valence-corrected chi connectivity index (χ4v) is 1.54. The maximum atomic E-state index is 11.7. The molecule has 1 unspecified atom stereocenters. The molecule has 1 aliphatic rings. The number of rotatable bonds is 4. The lowest BCUT2D eigenvalue weighted by atomic mass is 9.98.